The number of rotatable bonds is 0. The first-order valence-electron chi connectivity index (χ1n) is 4.82. The van der Waals surface area contributed by atoms with Crippen LogP contribution in [0.4, 0.5) is 0 Å². The molecule has 1 aromatic heterocycles. The number of benzene rings is 1. The Hall–Kier alpha value is -0.310. The number of hydrogen-bond donors (Lipinski definition) is 1. The van der Waals surface area contributed by atoms with Crippen molar-refractivity contribution in [2.24, 2.45) is 0 Å². The van der Waals surface area contributed by atoms with Gasteiger partial charge < -0.3 is 4.98 Å². The van der Waals surface area contributed by atoms with Crippen LogP contribution in [-0.4, -0.2) is 10.7 Å². The molecule has 1 aliphatic heterocycles. The first-order valence-corrected chi connectivity index (χ1v) is 6.73. The first-order chi connectivity index (χ1) is 7.25. The predicted octanol–water partition coefficient (Wildman–Crippen LogP) is 4.26. The Bertz CT molecular complexity index is 533. The molecular weight excluding hydrogens is 249 g/mol. The van der Waals surface area contributed by atoms with Gasteiger partial charge in [-0.25, -0.2) is 0 Å². The van der Waals surface area contributed by atoms with Crippen LogP contribution in [0, 0.1) is 0 Å². The van der Waals surface area contributed by atoms with Crippen LogP contribution in [0.15, 0.2) is 12.1 Å². The molecule has 0 unspecified atom stereocenters. The summed E-state index contributed by atoms with van der Waals surface area (Å²) in [5.74, 6) is 2.25. The van der Waals surface area contributed by atoms with Crippen LogP contribution >= 0.6 is 35.0 Å². The van der Waals surface area contributed by atoms with E-state index in [1.807, 2.05) is 17.8 Å². The average molecular weight is 258 g/mol. The SMILES string of the molecule is Clc1cc(Cl)c2[nH]c3c(c2c1)CSCC3. The third kappa shape index (κ3) is 1.55. The summed E-state index contributed by atoms with van der Waals surface area (Å²) in [6.07, 6.45) is 1.10. The molecule has 78 valence electrons. The fourth-order valence-corrected chi connectivity index (χ4v) is 3.62. The summed E-state index contributed by atoms with van der Waals surface area (Å²) in [7, 11) is 0. The molecule has 1 aliphatic rings. The average Bonchev–Trinajstić information content (AvgIpc) is 2.57. The molecule has 2 aromatic rings. The molecule has 15 heavy (non-hydrogen) atoms. The molecule has 0 atom stereocenters. The Morgan fingerprint density at radius 3 is 3.00 bits per heavy atom. The van der Waals surface area contributed by atoms with E-state index in [1.54, 1.807) is 6.07 Å². The number of thioether (sulfide) groups is 1. The molecule has 4 heteroatoms. The predicted molar refractivity (Wildman–Crippen MR) is 68.2 cm³/mol. The van der Waals surface area contributed by atoms with Crippen molar-refractivity contribution < 1.29 is 0 Å². The molecule has 3 rings (SSSR count). The Kier molecular flexibility index (Phi) is 2.38. The number of halogens is 2. The molecule has 0 aliphatic carbocycles. The van der Waals surface area contributed by atoms with Crippen molar-refractivity contribution in [2.75, 3.05) is 5.75 Å². The highest BCUT2D eigenvalue weighted by Crippen LogP contribution is 2.36. The van der Waals surface area contributed by atoms with Gasteiger partial charge in [-0.3, -0.25) is 0 Å². The summed E-state index contributed by atoms with van der Waals surface area (Å²) in [4.78, 5) is 3.41. The van der Waals surface area contributed by atoms with E-state index < -0.39 is 0 Å². The number of hydrogen-bond acceptors (Lipinski definition) is 1. The lowest BCUT2D eigenvalue weighted by atomic mass is 10.1. The molecule has 1 N–H and O–H groups in total. The van der Waals surface area contributed by atoms with Gasteiger partial charge in [0.15, 0.2) is 0 Å². The van der Waals surface area contributed by atoms with Crippen molar-refractivity contribution in [1.82, 2.24) is 4.98 Å². The quantitative estimate of drug-likeness (QED) is 0.746. The van der Waals surface area contributed by atoms with Crippen molar-refractivity contribution in [3.8, 4) is 0 Å². The zero-order valence-electron chi connectivity index (χ0n) is 7.94. The van der Waals surface area contributed by atoms with Crippen LogP contribution in [0.3, 0.4) is 0 Å². The maximum absolute atomic E-state index is 6.16. The topological polar surface area (TPSA) is 15.8 Å². The molecule has 1 aromatic carbocycles. The van der Waals surface area contributed by atoms with Crippen molar-refractivity contribution in [3.05, 3.63) is 33.4 Å². The van der Waals surface area contributed by atoms with Gasteiger partial charge in [0.2, 0.25) is 0 Å². The lowest BCUT2D eigenvalue weighted by Crippen LogP contribution is -1.99. The molecule has 0 amide bonds. The zero-order chi connectivity index (χ0) is 10.4. The highest BCUT2D eigenvalue weighted by Gasteiger charge is 2.17. The van der Waals surface area contributed by atoms with E-state index >= 15 is 0 Å². The standard InChI is InChI=1S/C11H9Cl2NS/c12-6-3-7-8-5-15-2-1-10(8)14-11(7)9(13)4-6/h3-4,14H,1-2,5H2. The Balaban J connectivity index is 2.37. The van der Waals surface area contributed by atoms with Crippen LogP contribution in [0.5, 0.6) is 0 Å². The summed E-state index contributed by atoms with van der Waals surface area (Å²) in [6.45, 7) is 0. The maximum atomic E-state index is 6.16. The Morgan fingerprint density at radius 1 is 1.27 bits per heavy atom. The van der Waals surface area contributed by atoms with Gasteiger partial charge in [0, 0.05) is 21.9 Å². The Morgan fingerprint density at radius 2 is 2.13 bits per heavy atom. The molecular formula is C11H9Cl2NS. The van der Waals surface area contributed by atoms with E-state index in [0.29, 0.717) is 5.02 Å². The van der Waals surface area contributed by atoms with Crippen LogP contribution in [0.2, 0.25) is 10.0 Å². The van der Waals surface area contributed by atoms with E-state index in [1.165, 1.54) is 22.4 Å². The van der Waals surface area contributed by atoms with Gasteiger partial charge >= 0.3 is 0 Å². The highest BCUT2D eigenvalue weighted by molar-refractivity contribution is 7.98. The summed E-state index contributed by atoms with van der Waals surface area (Å²) < 4.78 is 0. The van der Waals surface area contributed by atoms with Gasteiger partial charge in [-0.2, -0.15) is 11.8 Å². The minimum absolute atomic E-state index is 0.713. The number of nitrogens with one attached hydrogen (secondary N) is 1. The molecule has 2 heterocycles. The summed E-state index contributed by atoms with van der Waals surface area (Å²) in [6, 6.07) is 3.80. The second-order valence-electron chi connectivity index (χ2n) is 3.69. The number of fused-ring (bicyclic) bond motifs is 3. The van der Waals surface area contributed by atoms with E-state index in [9.17, 15) is 0 Å². The summed E-state index contributed by atoms with van der Waals surface area (Å²) >= 11 is 14.1. The summed E-state index contributed by atoms with van der Waals surface area (Å²) in [5.41, 5.74) is 3.74. The van der Waals surface area contributed by atoms with Gasteiger partial charge in [0.25, 0.3) is 0 Å². The lowest BCUT2D eigenvalue weighted by Gasteiger charge is -2.10. The van der Waals surface area contributed by atoms with Crippen molar-refractivity contribution >= 4 is 45.9 Å². The lowest BCUT2D eigenvalue weighted by molar-refractivity contribution is 1.04. The third-order valence-electron chi connectivity index (χ3n) is 2.76. The van der Waals surface area contributed by atoms with Gasteiger partial charge in [-0.15, -0.1) is 0 Å². The molecule has 0 radical (unpaired) electrons. The van der Waals surface area contributed by atoms with E-state index in [-0.39, 0.29) is 0 Å². The number of aryl methyl sites for hydroxylation is 1. The van der Waals surface area contributed by atoms with Crippen LogP contribution in [0.1, 0.15) is 11.3 Å². The van der Waals surface area contributed by atoms with Crippen molar-refractivity contribution in [3.63, 3.8) is 0 Å². The fraction of sp³-hybridized carbons (Fsp3) is 0.273. The fourth-order valence-electron chi connectivity index (χ4n) is 2.05. The molecule has 0 saturated heterocycles. The smallest absolute Gasteiger partial charge is 0.0662 e. The minimum Gasteiger partial charge on any atom is -0.357 e. The second-order valence-corrected chi connectivity index (χ2v) is 5.64. The molecule has 0 spiro atoms. The van der Waals surface area contributed by atoms with Crippen molar-refractivity contribution in [1.29, 1.82) is 0 Å². The van der Waals surface area contributed by atoms with Gasteiger partial charge in [0.05, 0.1) is 10.5 Å². The number of aromatic nitrogens is 1. The third-order valence-corrected chi connectivity index (χ3v) is 4.26. The van der Waals surface area contributed by atoms with Crippen LogP contribution in [0.25, 0.3) is 10.9 Å². The highest BCUT2D eigenvalue weighted by atomic mass is 35.5. The molecule has 1 nitrogen and oxygen atoms in total. The maximum Gasteiger partial charge on any atom is 0.0662 e. The van der Waals surface area contributed by atoms with E-state index in [2.05, 4.69) is 4.98 Å². The Labute approximate surface area is 102 Å². The van der Waals surface area contributed by atoms with Gasteiger partial charge in [-0.1, -0.05) is 23.2 Å². The molecule has 0 fully saturated rings. The second kappa shape index (κ2) is 3.62. The normalized spacial score (nSPS) is 15.6. The summed E-state index contributed by atoms with van der Waals surface area (Å²) in [5, 5.41) is 2.62. The molecule has 0 bridgehead atoms. The van der Waals surface area contributed by atoms with E-state index in [4.69, 9.17) is 23.2 Å². The van der Waals surface area contributed by atoms with E-state index in [0.717, 1.165) is 22.7 Å². The number of aromatic amines is 1. The molecule has 0 saturated carbocycles. The first kappa shape index (κ1) is 9.88. The monoisotopic (exact) mass is 257 g/mol. The van der Waals surface area contributed by atoms with Crippen molar-refractivity contribution in [2.45, 2.75) is 12.2 Å². The van der Waals surface area contributed by atoms with Crippen LogP contribution in [-0.2, 0) is 12.2 Å². The van der Waals surface area contributed by atoms with Crippen LogP contribution < -0.4 is 0 Å². The largest absolute Gasteiger partial charge is 0.357 e. The zero-order valence-corrected chi connectivity index (χ0v) is 10.3. The minimum atomic E-state index is 0.713. The van der Waals surface area contributed by atoms with Gasteiger partial charge in [-0.05, 0) is 29.9 Å². The van der Waals surface area contributed by atoms with Gasteiger partial charge in [0.1, 0.15) is 0 Å². The number of H-pyrrole nitrogens is 1.